The first-order valence-electron chi connectivity index (χ1n) is 7.80. The SMILES string of the molecule is Cc1ccccc1N=Cc1[c-]ccc(C=Nc2ccccc2C)n1.[CH3-].[Cl-].[Fe+3]. The zero-order chi connectivity index (χ0) is 16.8. The Morgan fingerprint density at radius 2 is 1.33 bits per heavy atom. The first kappa shape index (κ1) is 24.7. The van der Waals surface area contributed by atoms with Crippen LogP contribution >= 0.6 is 0 Å². The molecule has 0 amide bonds. The largest absolute Gasteiger partial charge is 3.00 e. The molecule has 0 aliphatic heterocycles. The van der Waals surface area contributed by atoms with Gasteiger partial charge in [0.05, 0.1) is 11.4 Å². The van der Waals surface area contributed by atoms with Gasteiger partial charge in [-0.1, -0.05) is 36.4 Å². The number of hydrogen-bond acceptors (Lipinski definition) is 3. The number of pyridine rings is 1. The van der Waals surface area contributed by atoms with E-state index in [1.807, 2.05) is 74.5 Å². The van der Waals surface area contributed by atoms with E-state index >= 15 is 0 Å². The number of nitrogens with zero attached hydrogens (tertiary/aromatic N) is 3. The van der Waals surface area contributed by atoms with Gasteiger partial charge in [-0.2, -0.15) is 12.1 Å². The van der Waals surface area contributed by atoms with Crippen LogP contribution in [0.15, 0.2) is 70.6 Å². The molecule has 0 atom stereocenters. The molecule has 0 spiro atoms. The van der Waals surface area contributed by atoms with E-state index in [4.69, 9.17) is 0 Å². The van der Waals surface area contributed by atoms with Gasteiger partial charge in [-0.05, 0) is 49.0 Å². The van der Waals surface area contributed by atoms with Gasteiger partial charge < -0.3 is 24.8 Å². The van der Waals surface area contributed by atoms with Crippen LogP contribution in [0.1, 0.15) is 22.5 Å². The fourth-order valence-electron chi connectivity index (χ4n) is 2.24. The molecule has 0 aliphatic carbocycles. The van der Waals surface area contributed by atoms with E-state index in [0.29, 0.717) is 5.69 Å². The second-order valence-corrected chi connectivity index (χ2v) is 5.49. The van der Waals surface area contributed by atoms with Gasteiger partial charge in [0, 0.05) is 11.9 Å². The molecule has 0 saturated carbocycles. The Balaban J connectivity index is 0.00000225. The first-order chi connectivity index (χ1) is 11.7. The zero-order valence-electron chi connectivity index (χ0n) is 15.5. The third-order valence-electron chi connectivity index (χ3n) is 3.63. The standard InChI is InChI=1S/C21H18N3.CH3.ClH.Fe/c1-16-8-3-5-12-20(16)22-14-18-10-7-11-19(24-18)15-23-21-13-6-4-9-17(21)2;;;/h3-10,12-15H,1-2H3;1H3;1H;/q2*-1;;+3/p-1. The predicted molar refractivity (Wildman–Crippen MR) is 106 cm³/mol. The van der Waals surface area contributed by atoms with Crippen molar-refractivity contribution >= 4 is 23.8 Å². The second kappa shape index (κ2) is 12.2. The molecular weight excluding hydrogens is 398 g/mol. The molecule has 1 heterocycles. The molecule has 0 aliphatic rings. The van der Waals surface area contributed by atoms with E-state index in [0.717, 1.165) is 28.2 Å². The fraction of sp³-hybridized carbons (Fsp3) is 0.0909. The summed E-state index contributed by atoms with van der Waals surface area (Å²) in [5, 5.41) is 0. The van der Waals surface area contributed by atoms with E-state index in [1.165, 1.54) is 0 Å². The molecule has 1 radical (unpaired) electrons. The van der Waals surface area contributed by atoms with Crippen molar-refractivity contribution in [3.63, 3.8) is 0 Å². The Labute approximate surface area is 178 Å². The molecule has 139 valence electrons. The third kappa shape index (κ3) is 7.10. The van der Waals surface area contributed by atoms with Crippen molar-refractivity contribution in [3.8, 4) is 0 Å². The van der Waals surface area contributed by atoms with Crippen molar-refractivity contribution in [2.45, 2.75) is 13.8 Å². The average molecular weight is 419 g/mol. The summed E-state index contributed by atoms with van der Waals surface area (Å²) in [5.74, 6) is 0. The minimum absolute atomic E-state index is 0. The normalized spacial score (nSPS) is 10.1. The average Bonchev–Trinajstić information content (AvgIpc) is 2.61. The molecule has 5 heteroatoms. The van der Waals surface area contributed by atoms with Crippen molar-refractivity contribution < 1.29 is 29.5 Å². The Hall–Kier alpha value is -2.26. The van der Waals surface area contributed by atoms with Gasteiger partial charge in [0.25, 0.3) is 0 Å². The molecule has 0 saturated heterocycles. The van der Waals surface area contributed by atoms with E-state index in [1.54, 1.807) is 12.4 Å². The maximum Gasteiger partial charge on any atom is 3.00 e. The molecule has 0 bridgehead atoms. The van der Waals surface area contributed by atoms with E-state index in [9.17, 15) is 0 Å². The molecule has 3 nitrogen and oxygen atoms in total. The van der Waals surface area contributed by atoms with Crippen LogP contribution in [-0.2, 0) is 17.1 Å². The van der Waals surface area contributed by atoms with Crippen LogP contribution in [0.4, 0.5) is 11.4 Å². The third-order valence-corrected chi connectivity index (χ3v) is 3.63. The smallest absolute Gasteiger partial charge is 1.00 e. The van der Waals surface area contributed by atoms with Crippen molar-refractivity contribution in [2.24, 2.45) is 9.98 Å². The number of benzene rings is 2. The number of halogens is 1. The van der Waals surface area contributed by atoms with Gasteiger partial charge in [0.2, 0.25) is 0 Å². The van der Waals surface area contributed by atoms with Gasteiger partial charge in [0.15, 0.2) is 0 Å². The summed E-state index contributed by atoms with van der Waals surface area (Å²) in [6.45, 7) is 4.08. The van der Waals surface area contributed by atoms with Gasteiger partial charge in [-0.15, -0.1) is 6.07 Å². The zero-order valence-corrected chi connectivity index (χ0v) is 17.4. The number of para-hydroxylation sites is 2. The van der Waals surface area contributed by atoms with E-state index in [-0.39, 0.29) is 36.9 Å². The Bertz CT molecular complexity index is 837. The number of hydrogen-bond donors (Lipinski definition) is 0. The van der Waals surface area contributed by atoms with Crippen LogP contribution < -0.4 is 12.4 Å². The maximum atomic E-state index is 4.51. The summed E-state index contributed by atoms with van der Waals surface area (Å²) >= 11 is 0. The van der Waals surface area contributed by atoms with Gasteiger partial charge in [0.1, 0.15) is 0 Å². The van der Waals surface area contributed by atoms with Crippen molar-refractivity contribution in [3.05, 3.63) is 96.7 Å². The fourth-order valence-corrected chi connectivity index (χ4v) is 2.24. The molecule has 2 aromatic carbocycles. The summed E-state index contributed by atoms with van der Waals surface area (Å²) < 4.78 is 0. The molecule has 1 aromatic heterocycles. The molecule has 3 rings (SSSR count). The minimum atomic E-state index is 0. The second-order valence-electron chi connectivity index (χ2n) is 5.49. The van der Waals surface area contributed by atoms with Gasteiger partial charge in [-0.25, -0.2) is 0 Å². The number of aromatic nitrogens is 1. The monoisotopic (exact) mass is 418 g/mol. The van der Waals surface area contributed by atoms with Crippen molar-refractivity contribution in [1.29, 1.82) is 0 Å². The predicted octanol–water partition coefficient (Wildman–Crippen LogP) is 2.45. The Morgan fingerprint density at radius 1 is 0.815 bits per heavy atom. The summed E-state index contributed by atoms with van der Waals surface area (Å²) in [6, 6.07) is 22.8. The first-order valence-corrected chi connectivity index (χ1v) is 7.80. The van der Waals surface area contributed by atoms with Crippen LogP contribution in [0, 0.1) is 27.3 Å². The molecular formula is C22H21ClFeN3. The summed E-state index contributed by atoms with van der Waals surface area (Å²) in [4.78, 5) is 13.5. The molecule has 0 fully saturated rings. The summed E-state index contributed by atoms with van der Waals surface area (Å²) in [5.41, 5.74) is 5.62. The molecule has 0 unspecified atom stereocenters. The Kier molecular flexibility index (Phi) is 11.2. The van der Waals surface area contributed by atoms with E-state index in [2.05, 4.69) is 21.0 Å². The molecule has 27 heavy (non-hydrogen) atoms. The quantitative estimate of drug-likeness (QED) is 0.364. The molecule has 0 N–H and O–H groups in total. The van der Waals surface area contributed by atoms with Crippen LogP contribution in [0.25, 0.3) is 0 Å². The van der Waals surface area contributed by atoms with Crippen LogP contribution in [0.5, 0.6) is 0 Å². The van der Waals surface area contributed by atoms with E-state index < -0.39 is 0 Å². The van der Waals surface area contributed by atoms with Crippen LogP contribution in [-0.4, -0.2) is 17.4 Å². The van der Waals surface area contributed by atoms with Crippen LogP contribution in [0.2, 0.25) is 0 Å². The minimum Gasteiger partial charge on any atom is -1.00 e. The summed E-state index contributed by atoms with van der Waals surface area (Å²) in [7, 11) is 0. The van der Waals surface area contributed by atoms with Crippen molar-refractivity contribution in [2.75, 3.05) is 0 Å². The maximum absolute atomic E-state index is 4.51. The van der Waals surface area contributed by atoms with Crippen LogP contribution in [0.3, 0.4) is 0 Å². The topological polar surface area (TPSA) is 37.6 Å². The van der Waals surface area contributed by atoms with Gasteiger partial charge >= 0.3 is 17.1 Å². The number of rotatable bonds is 4. The van der Waals surface area contributed by atoms with Crippen molar-refractivity contribution in [1.82, 2.24) is 4.98 Å². The Morgan fingerprint density at radius 3 is 1.89 bits per heavy atom. The van der Waals surface area contributed by atoms with Gasteiger partial charge in [-0.3, -0.25) is 9.98 Å². The molecule has 3 aromatic rings. The summed E-state index contributed by atoms with van der Waals surface area (Å²) in [6.07, 6.45) is 3.49. The number of aryl methyl sites for hydroxylation is 2. The number of aliphatic imine (C=N–C) groups is 2.